The van der Waals surface area contributed by atoms with Crippen molar-refractivity contribution in [3.63, 3.8) is 0 Å². The van der Waals surface area contributed by atoms with Crippen molar-refractivity contribution >= 4 is 40.6 Å². The molecule has 5 rings (SSSR count). The van der Waals surface area contributed by atoms with Gasteiger partial charge in [-0.15, -0.1) is 11.3 Å². The maximum atomic E-state index is 14.0. The molecule has 3 heterocycles. The maximum absolute atomic E-state index is 14.0. The number of halogens is 2. The standard InChI is InChI=1S/C27H28ClFN4O2S/c28-20-4-2-6-22(18-20)30-27(35)33-14-12-31(13-15-33)25(34)8-11-32-10-7-24-23(9-16-36-24)26(32)19-3-1-5-21(29)17-19/h1-6,9,16-18,26H,7-8,10-15H2,(H,30,35)/t26-/m1/s1. The van der Waals surface area contributed by atoms with Gasteiger partial charge < -0.3 is 15.1 Å². The third-order valence-corrected chi connectivity index (χ3v) is 8.07. The molecule has 2 aliphatic heterocycles. The van der Waals surface area contributed by atoms with Gasteiger partial charge in [-0.2, -0.15) is 0 Å². The van der Waals surface area contributed by atoms with E-state index in [1.165, 1.54) is 16.5 Å². The Morgan fingerprint density at radius 3 is 2.56 bits per heavy atom. The van der Waals surface area contributed by atoms with E-state index in [4.69, 9.17) is 11.6 Å². The van der Waals surface area contributed by atoms with Gasteiger partial charge in [0, 0.05) is 61.3 Å². The van der Waals surface area contributed by atoms with Gasteiger partial charge in [0.15, 0.2) is 0 Å². The normalized spacial score (nSPS) is 18.1. The average molecular weight is 527 g/mol. The van der Waals surface area contributed by atoms with Crippen molar-refractivity contribution in [2.45, 2.75) is 18.9 Å². The number of thiophene rings is 1. The van der Waals surface area contributed by atoms with Gasteiger partial charge in [0.1, 0.15) is 5.82 Å². The number of carbonyl (C=O) groups is 2. The zero-order chi connectivity index (χ0) is 25.1. The van der Waals surface area contributed by atoms with Gasteiger partial charge in [-0.1, -0.05) is 29.8 Å². The largest absolute Gasteiger partial charge is 0.339 e. The molecule has 0 unspecified atom stereocenters. The molecule has 3 aromatic rings. The van der Waals surface area contributed by atoms with Gasteiger partial charge >= 0.3 is 6.03 Å². The first-order valence-corrected chi connectivity index (χ1v) is 13.4. The summed E-state index contributed by atoms with van der Waals surface area (Å²) < 4.78 is 14.0. The van der Waals surface area contributed by atoms with Crippen molar-refractivity contribution in [2.75, 3.05) is 44.6 Å². The number of nitrogens with zero attached hydrogens (tertiary/aromatic N) is 3. The SMILES string of the molecule is O=C(CCN1CCc2sccc2[C@H]1c1cccc(F)c1)N1CCN(C(=O)Nc2cccc(Cl)c2)CC1. The highest BCUT2D eigenvalue weighted by Crippen LogP contribution is 2.38. The molecule has 188 valence electrons. The molecule has 1 atom stereocenters. The van der Waals surface area contributed by atoms with Crippen LogP contribution in [0.4, 0.5) is 14.9 Å². The molecule has 1 aromatic heterocycles. The minimum atomic E-state index is -0.247. The van der Waals surface area contributed by atoms with Gasteiger partial charge in [-0.3, -0.25) is 9.69 Å². The van der Waals surface area contributed by atoms with E-state index in [0.717, 1.165) is 18.5 Å². The number of amides is 3. The summed E-state index contributed by atoms with van der Waals surface area (Å²) >= 11 is 7.74. The number of hydrogen-bond acceptors (Lipinski definition) is 4. The van der Waals surface area contributed by atoms with E-state index in [9.17, 15) is 14.0 Å². The third kappa shape index (κ3) is 5.56. The van der Waals surface area contributed by atoms with Crippen LogP contribution in [0, 0.1) is 5.82 Å². The van der Waals surface area contributed by atoms with Gasteiger partial charge in [0.2, 0.25) is 5.91 Å². The Kier molecular flexibility index (Phi) is 7.55. The van der Waals surface area contributed by atoms with E-state index >= 15 is 0 Å². The number of nitrogens with one attached hydrogen (secondary N) is 1. The number of fused-ring (bicyclic) bond motifs is 1. The van der Waals surface area contributed by atoms with E-state index in [-0.39, 0.29) is 23.8 Å². The lowest BCUT2D eigenvalue weighted by Crippen LogP contribution is -2.52. The fourth-order valence-corrected chi connectivity index (χ4v) is 6.10. The van der Waals surface area contributed by atoms with Crippen LogP contribution in [-0.2, 0) is 11.2 Å². The summed E-state index contributed by atoms with van der Waals surface area (Å²) in [5, 5.41) is 5.51. The average Bonchev–Trinajstić information content (AvgIpc) is 3.36. The van der Waals surface area contributed by atoms with Crippen LogP contribution in [0.2, 0.25) is 5.02 Å². The monoisotopic (exact) mass is 526 g/mol. The summed E-state index contributed by atoms with van der Waals surface area (Å²) in [4.78, 5) is 32.8. The van der Waals surface area contributed by atoms with Crippen LogP contribution in [0.3, 0.4) is 0 Å². The zero-order valence-corrected chi connectivity index (χ0v) is 21.4. The molecule has 2 aliphatic rings. The van der Waals surface area contributed by atoms with Crippen molar-refractivity contribution in [2.24, 2.45) is 0 Å². The summed E-state index contributed by atoms with van der Waals surface area (Å²) in [6.45, 7) is 3.40. The Morgan fingerprint density at radius 2 is 1.78 bits per heavy atom. The molecule has 1 N–H and O–H groups in total. The van der Waals surface area contributed by atoms with Crippen molar-refractivity contribution in [3.8, 4) is 0 Å². The second-order valence-corrected chi connectivity index (χ2v) is 10.5. The molecule has 2 aromatic carbocycles. The third-order valence-electron chi connectivity index (χ3n) is 6.84. The molecule has 0 radical (unpaired) electrons. The maximum Gasteiger partial charge on any atom is 0.321 e. The van der Waals surface area contributed by atoms with Crippen molar-refractivity contribution in [1.29, 1.82) is 0 Å². The molecule has 0 spiro atoms. The molecule has 36 heavy (non-hydrogen) atoms. The molecule has 0 bridgehead atoms. The first-order valence-electron chi connectivity index (χ1n) is 12.1. The highest BCUT2D eigenvalue weighted by molar-refractivity contribution is 7.10. The first kappa shape index (κ1) is 24.7. The molecule has 1 fully saturated rings. The Hall–Kier alpha value is -2.94. The zero-order valence-electron chi connectivity index (χ0n) is 19.8. The second-order valence-electron chi connectivity index (χ2n) is 9.10. The molecule has 0 saturated carbocycles. The molecular formula is C27H28ClFN4O2S. The fourth-order valence-electron chi connectivity index (χ4n) is 5.00. The topological polar surface area (TPSA) is 55.9 Å². The van der Waals surface area contributed by atoms with Gasteiger partial charge in [0.25, 0.3) is 0 Å². The van der Waals surface area contributed by atoms with Gasteiger partial charge in [-0.25, -0.2) is 9.18 Å². The molecule has 0 aliphatic carbocycles. The molecular weight excluding hydrogens is 499 g/mol. The van der Waals surface area contributed by atoms with E-state index in [1.807, 2.05) is 11.0 Å². The lowest BCUT2D eigenvalue weighted by molar-refractivity contribution is -0.133. The number of carbonyl (C=O) groups excluding carboxylic acids is 2. The van der Waals surface area contributed by atoms with E-state index in [1.54, 1.807) is 52.6 Å². The predicted molar refractivity (Wildman–Crippen MR) is 141 cm³/mol. The van der Waals surface area contributed by atoms with Crippen molar-refractivity contribution < 1.29 is 14.0 Å². The van der Waals surface area contributed by atoms with Crippen LogP contribution in [-0.4, -0.2) is 65.9 Å². The van der Waals surface area contributed by atoms with E-state index in [2.05, 4.69) is 21.7 Å². The Balaban J connectivity index is 1.16. The summed E-state index contributed by atoms with van der Waals surface area (Å²) in [5.74, 6) is -0.165. The highest BCUT2D eigenvalue weighted by atomic mass is 35.5. The number of rotatable bonds is 5. The number of urea groups is 1. The number of piperazine rings is 1. The summed E-state index contributed by atoms with van der Waals surface area (Å²) in [7, 11) is 0. The lowest BCUT2D eigenvalue weighted by Gasteiger charge is -2.38. The molecule has 6 nitrogen and oxygen atoms in total. The summed E-state index contributed by atoms with van der Waals surface area (Å²) in [6, 6.07) is 15.7. The Bertz CT molecular complexity index is 1240. The predicted octanol–water partition coefficient (Wildman–Crippen LogP) is 5.25. The van der Waals surface area contributed by atoms with Crippen LogP contribution in [0.1, 0.15) is 28.5 Å². The van der Waals surface area contributed by atoms with Gasteiger partial charge in [-0.05, 0) is 59.3 Å². The van der Waals surface area contributed by atoms with Crippen LogP contribution in [0.5, 0.6) is 0 Å². The smallest absolute Gasteiger partial charge is 0.321 e. The number of anilines is 1. The number of hydrogen-bond donors (Lipinski definition) is 1. The lowest BCUT2D eigenvalue weighted by atomic mass is 9.93. The Morgan fingerprint density at radius 1 is 1.00 bits per heavy atom. The highest BCUT2D eigenvalue weighted by Gasteiger charge is 2.31. The molecule has 3 amide bonds. The number of benzene rings is 2. The molecule has 9 heteroatoms. The Labute approximate surface area is 219 Å². The molecule has 1 saturated heterocycles. The first-order chi connectivity index (χ1) is 17.5. The van der Waals surface area contributed by atoms with Crippen LogP contribution in [0.25, 0.3) is 0 Å². The van der Waals surface area contributed by atoms with Crippen molar-refractivity contribution in [1.82, 2.24) is 14.7 Å². The van der Waals surface area contributed by atoms with Crippen LogP contribution in [0.15, 0.2) is 60.0 Å². The van der Waals surface area contributed by atoms with Crippen LogP contribution >= 0.6 is 22.9 Å². The quantitative estimate of drug-likeness (QED) is 0.494. The minimum absolute atomic E-state index is 0.0458. The second kappa shape index (κ2) is 11.0. The van der Waals surface area contributed by atoms with Crippen molar-refractivity contribution in [3.05, 3.63) is 86.8 Å². The van der Waals surface area contributed by atoms with E-state index in [0.29, 0.717) is 49.9 Å². The van der Waals surface area contributed by atoms with Gasteiger partial charge in [0.05, 0.1) is 6.04 Å². The van der Waals surface area contributed by atoms with E-state index < -0.39 is 0 Å². The fraction of sp³-hybridized carbons (Fsp3) is 0.333. The summed E-state index contributed by atoms with van der Waals surface area (Å²) in [6.07, 6.45) is 1.33. The van der Waals surface area contributed by atoms with Crippen LogP contribution < -0.4 is 5.32 Å². The summed E-state index contributed by atoms with van der Waals surface area (Å²) in [5.41, 5.74) is 2.78. The minimum Gasteiger partial charge on any atom is -0.339 e.